The molecule has 1 aliphatic carbocycles. The lowest BCUT2D eigenvalue weighted by molar-refractivity contribution is 1.50. The monoisotopic (exact) mass is 220 g/mol. The summed E-state index contributed by atoms with van der Waals surface area (Å²) in [7, 11) is 0. The second kappa shape index (κ2) is 4.58. The van der Waals surface area contributed by atoms with Gasteiger partial charge in [0.05, 0.1) is 0 Å². The number of hydrogen-bond acceptors (Lipinski definition) is 0. The standard InChI is InChI=1S/C14H10.C3H6/c1-3-7-13-11(5-1)9-10-12-6-2-4-8-14(12)13;1-2-3-1/h1-10H;1-3H2. The van der Waals surface area contributed by atoms with Gasteiger partial charge >= 0.3 is 0 Å². The summed E-state index contributed by atoms with van der Waals surface area (Å²) < 4.78 is 0. The highest BCUT2D eigenvalue weighted by atomic mass is 14.0. The fourth-order valence-corrected chi connectivity index (χ4v) is 1.95. The molecule has 0 bridgehead atoms. The molecule has 3 aromatic carbocycles. The third-order valence-corrected chi connectivity index (χ3v) is 3.01. The molecule has 0 unspecified atom stereocenters. The van der Waals surface area contributed by atoms with E-state index in [1.807, 2.05) is 0 Å². The second-order valence-corrected chi connectivity index (χ2v) is 4.57. The van der Waals surface area contributed by atoms with Crippen molar-refractivity contribution in [2.45, 2.75) is 19.3 Å². The van der Waals surface area contributed by atoms with E-state index < -0.39 is 0 Å². The Morgan fingerprint density at radius 3 is 1.29 bits per heavy atom. The molecule has 0 heterocycles. The first-order valence-electron chi connectivity index (χ1n) is 6.32. The maximum atomic E-state index is 2.18. The summed E-state index contributed by atoms with van der Waals surface area (Å²) >= 11 is 0. The summed E-state index contributed by atoms with van der Waals surface area (Å²) in [6, 6.07) is 21.4. The molecule has 0 spiro atoms. The molecule has 1 fully saturated rings. The summed E-state index contributed by atoms with van der Waals surface area (Å²) in [5.74, 6) is 0. The molecule has 17 heavy (non-hydrogen) atoms. The van der Waals surface area contributed by atoms with Crippen molar-refractivity contribution in [3.63, 3.8) is 0 Å². The zero-order valence-electron chi connectivity index (χ0n) is 9.89. The van der Waals surface area contributed by atoms with Crippen molar-refractivity contribution in [2.75, 3.05) is 0 Å². The van der Waals surface area contributed by atoms with E-state index >= 15 is 0 Å². The van der Waals surface area contributed by atoms with Gasteiger partial charge in [-0.2, -0.15) is 0 Å². The van der Waals surface area contributed by atoms with Crippen molar-refractivity contribution in [3.8, 4) is 0 Å². The molecule has 0 heteroatoms. The van der Waals surface area contributed by atoms with Gasteiger partial charge in [0, 0.05) is 0 Å². The van der Waals surface area contributed by atoms with Gasteiger partial charge in [0.1, 0.15) is 0 Å². The van der Waals surface area contributed by atoms with Gasteiger partial charge in [0.25, 0.3) is 0 Å². The molecule has 0 atom stereocenters. The molecular weight excluding hydrogens is 204 g/mol. The van der Waals surface area contributed by atoms with Crippen molar-refractivity contribution in [3.05, 3.63) is 60.7 Å². The lowest BCUT2D eigenvalue weighted by Crippen LogP contribution is -1.75. The summed E-state index contributed by atoms with van der Waals surface area (Å²) in [6.07, 6.45) is 4.50. The third kappa shape index (κ3) is 2.31. The largest absolute Gasteiger partial charge is 0.0616 e. The lowest BCUT2D eigenvalue weighted by Gasteiger charge is -2.02. The van der Waals surface area contributed by atoms with Crippen LogP contribution in [0.25, 0.3) is 21.5 Å². The Labute approximate surface area is 102 Å². The molecule has 0 nitrogen and oxygen atoms in total. The van der Waals surface area contributed by atoms with Crippen LogP contribution in [-0.4, -0.2) is 0 Å². The van der Waals surface area contributed by atoms with Gasteiger partial charge in [-0.15, -0.1) is 0 Å². The Morgan fingerprint density at radius 2 is 0.882 bits per heavy atom. The van der Waals surface area contributed by atoms with E-state index in [9.17, 15) is 0 Å². The topological polar surface area (TPSA) is 0 Å². The summed E-state index contributed by atoms with van der Waals surface area (Å²) in [5.41, 5.74) is 0. The van der Waals surface area contributed by atoms with Crippen LogP contribution in [0.1, 0.15) is 19.3 Å². The molecule has 4 rings (SSSR count). The fraction of sp³-hybridized carbons (Fsp3) is 0.176. The van der Waals surface area contributed by atoms with E-state index in [1.165, 1.54) is 40.8 Å². The average Bonchev–Trinajstić information content (AvgIpc) is 3.27. The Kier molecular flexibility index (Phi) is 2.79. The highest BCUT2D eigenvalue weighted by Gasteiger charge is 1.97. The van der Waals surface area contributed by atoms with E-state index in [4.69, 9.17) is 0 Å². The third-order valence-electron chi connectivity index (χ3n) is 3.01. The predicted molar refractivity (Wildman–Crippen MR) is 75.3 cm³/mol. The number of rotatable bonds is 0. The van der Waals surface area contributed by atoms with Gasteiger partial charge in [0.2, 0.25) is 0 Å². The van der Waals surface area contributed by atoms with Crippen LogP contribution < -0.4 is 0 Å². The van der Waals surface area contributed by atoms with Crippen molar-refractivity contribution < 1.29 is 0 Å². The van der Waals surface area contributed by atoms with E-state index in [2.05, 4.69) is 60.7 Å². The van der Waals surface area contributed by atoms with Crippen LogP contribution in [0.5, 0.6) is 0 Å². The fourth-order valence-electron chi connectivity index (χ4n) is 1.95. The van der Waals surface area contributed by atoms with Crippen LogP contribution in [0.4, 0.5) is 0 Å². The Bertz CT molecular complexity index is 578. The molecule has 0 N–H and O–H groups in total. The van der Waals surface area contributed by atoms with Crippen molar-refractivity contribution in [1.29, 1.82) is 0 Å². The maximum absolute atomic E-state index is 2.18. The first-order chi connectivity index (χ1) is 8.45. The lowest BCUT2D eigenvalue weighted by atomic mass is 10.0. The van der Waals surface area contributed by atoms with Gasteiger partial charge in [-0.3, -0.25) is 0 Å². The van der Waals surface area contributed by atoms with Crippen LogP contribution in [0.15, 0.2) is 60.7 Å². The predicted octanol–water partition coefficient (Wildman–Crippen LogP) is 5.16. The smallest absolute Gasteiger partial charge is 0.0105 e. The van der Waals surface area contributed by atoms with Crippen molar-refractivity contribution >= 4 is 21.5 Å². The minimum atomic E-state index is 1.31. The van der Waals surface area contributed by atoms with Gasteiger partial charge in [-0.1, -0.05) is 79.9 Å². The van der Waals surface area contributed by atoms with Crippen LogP contribution in [0, 0.1) is 0 Å². The van der Waals surface area contributed by atoms with E-state index in [-0.39, 0.29) is 0 Å². The zero-order valence-corrected chi connectivity index (χ0v) is 9.89. The van der Waals surface area contributed by atoms with E-state index in [0.29, 0.717) is 0 Å². The van der Waals surface area contributed by atoms with Crippen LogP contribution in [-0.2, 0) is 0 Å². The molecule has 84 valence electrons. The summed E-state index contributed by atoms with van der Waals surface area (Å²) in [6.45, 7) is 0. The van der Waals surface area contributed by atoms with Crippen molar-refractivity contribution in [2.24, 2.45) is 0 Å². The zero-order chi connectivity index (χ0) is 11.5. The van der Waals surface area contributed by atoms with Crippen LogP contribution in [0.2, 0.25) is 0 Å². The second-order valence-electron chi connectivity index (χ2n) is 4.57. The first kappa shape index (κ1) is 10.3. The summed E-state index contributed by atoms with van der Waals surface area (Å²) in [5, 5.41) is 5.30. The molecule has 0 amide bonds. The normalized spacial score (nSPS) is 13.2. The maximum Gasteiger partial charge on any atom is -0.0105 e. The first-order valence-corrected chi connectivity index (χ1v) is 6.32. The number of hydrogen-bond donors (Lipinski definition) is 0. The SMILES string of the molecule is C1CC1.c1ccc2c(c1)ccc1ccccc12. The van der Waals surface area contributed by atoms with Gasteiger partial charge in [-0.05, 0) is 21.5 Å². The highest BCUT2D eigenvalue weighted by Crippen LogP contribution is 2.24. The Balaban J connectivity index is 0.000000264. The van der Waals surface area contributed by atoms with Gasteiger partial charge in [0.15, 0.2) is 0 Å². The van der Waals surface area contributed by atoms with E-state index in [0.717, 1.165) is 0 Å². The molecule has 3 aromatic rings. The van der Waals surface area contributed by atoms with Gasteiger partial charge in [-0.25, -0.2) is 0 Å². The molecule has 1 saturated carbocycles. The minimum Gasteiger partial charge on any atom is -0.0616 e. The summed E-state index contributed by atoms with van der Waals surface area (Å²) in [4.78, 5) is 0. The molecule has 0 aromatic heterocycles. The number of fused-ring (bicyclic) bond motifs is 3. The molecule has 0 saturated heterocycles. The quantitative estimate of drug-likeness (QED) is 0.459. The Morgan fingerprint density at radius 1 is 0.471 bits per heavy atom. The minimum absolute atomic E-state index is 1.31. The van der Waals surface area contributed by atoms with Crippen molar-refractivity contribution in [1.82, 2.24) is 0 Å². The molecule has 0 radical (unpaired) electrons. The van der Waals surface area contributed by atoms with E-state index in [1.54, 1.807) is 0 Å². The molecule has 1 aliphatic rings. The van der Waals surface area contributed by atoms with Gasteiger partial charge < -0.3 is 0 Å². The molecule has 0 aliphatic heterocycles. The highest BCUT2D eigenvalue weighted by molar-refractivity contribution is 6.07. The Hall–Kier alpha value is -1.82. The van der Waals surface area contributed by atoms with Crippen LogP contribution in [0.3, 0.4) is 0 Å². The molecular formula is C17H16. The number of benzene rings is 3. The van der Waals surface area contributed by atoms with Crippen LogP contribution >= 0.6 is 0 Å². The average molecular weight is 220 g/mol.